The first-order valence-corrected chi connectivity index (χ1v) is 10.2. The number of piperidine rings is 1. The van der Waals surface area contributed by atoms with Crippen molar-refractivity contribution in [3.05, 3.63) is 29.8 Å². The summed E-state index contributed by atoms with van der Waals surface area (Å²) in [7, 11) is -4.22. The van der Waals surface area contributed by atoms with Crippen LogP contribution in [0, 0.1) is 17.6 Å². The Bertz CT molecular complexity index is 842. The highest BCUT2D eigenvalue weighted by atomic mass is 32.2. The van der Waals surface area contributed by atoms with Crippen molar-refractivity contribution in [3.63, 3.8) is 0 Å². The number of rotatable bonds is 5. The standard InChI is InChI=1S/C18H23F2NO6S/c1-18(2,3)27-16(22)11-26-17(23)12-6-8-21(9-7-12)28(24,25)15-10-13(19)4-5-14(15)20/h4-5,10,12H,6-9,11H2,1-3H3. The van der Waals surface area contributed by atoms with Gasteiger partial charge in [0.2, 0.25) is 10.0 Å². The number of hydrogen-bond acceptors (Lipinski definition) is 6. The molecule has 1 heterocycles. The molecule has 0 N–H and O–H groups in total. The van der Waals surface area contributed by atoms with Gasteiger partial charge in [0, 0.05) is 13.1 Å². The Morgan fingerprint density at radius 1 is 1.18 bits per heavy atom. The Kier molecular flexibility index (Phi) is 6.76. The summed E-state index contributed by atoms with van der Waals surface area (Å²) < 4.78 is 63.2. The largest absolute Gasteiger partial charge is 0.457 e. The average Bonchev–Trinajstić information content (AvgIpc) is 2.60. The molecule has 2 rings (SSSR count). The van der Waals surface area contributed by atoms with Gasteiger partial charge in [-0.3, -0.25) is 4.79 Å². The fraction of sp³-hybridized carbons (Fsp3) is 0.556. The number of hydrogen-bond donors (Lipinski definition) is 0. The van der Waals surface area contributed by atoms with E-state index in [9.17, 15) is 26.8 Å². The van der Waals surface area contributed by atoms with Crippen molar-refractivity contribution in [2.45, 2.75) is 44.1 Å². The van der Waals surface area contributed by atoms with Crippen molar-refractivity contribution in [1.82, 2.24) is 4.31 Å². The summed E-state index contributed by atoms with van der Waals surface area (Å²) in [4.78, 5) is 22.9. The fourth-order valence-corrected chi connectivity index (χ4v) is 4.31. The minimum atomic E-state index is -4.22. The van der Waals surface area contributed by atoms with Gasteiger partial charge in [-0.25, -0.2) is 22.0 Å². The quantitative estimate of drug-likeness (QED) is 0.680. The predicted molar refractivity (Wildman–Crippen MR) is 94.6 cm³/mol. The molecule has 0 aromatic heterocycles. The van der Waals surface area contributed by atoms with Crippen molar-refractivity contribution < 1.29 is 36.3 Å². The number of carbonyl (C=O) groups is 2. The molecule has 1 aliphatic rings. The van der Waals surface area contributed by atoms with E-state index in [4.69, 9.17) is 9.47 Å². The van der Waals surface area contributed by atoms with E-state index in [1.54, 1.807) is 20.8 Å². The first kappa shape index (κ1) is 22.2. The van der Waals surface area contributed by atoms with Gasteiger partial charge >= 0.3 is 11.9 Å². The highest BCUT2D eigenvalue weighted by Gasteiger charge is 2.34. The molecule has 10 heteroatoms. The Morgan fingerprint density at radius 3 is 2.36 bits per heavy atom. The highest BCUT2D eigenvalue weighted by molar-refractivity contribution is 7.89. The van der Waals surface area contributed by atoms with Crippen molar-refractivity contribution in [2.75, 3.05) is 19.7 Å². The first-order chi connectivity index (χ1) is 12.9. The number of nitrogens with zero attached hydrogens (tertiary/aromatic N) is 1. The Hall–Kier alpha value is -2.07. The van der Waals surface area contributed by atoms with E-state index in [0.717, 1.165) is 16.4 Å². The number of benzene rings is 1. The monoisotopic (exact) mass is 419 g/mol. The molecule has 28 heavy (non-hydrogen) atoms. The van der Waals surface area contributed by atoms with Gasteiger partial charge in [0.05, 0.1) is 5.92 Å². The lowest BCUT2D eigenvalue weighted by atomic mass is 9.98. The zero-order chi connectivity index (χ0) is 21.1. The zero-order valence-corrected chi connectivity index (χ0v) is 16.7. The average molecular weight is 419 g/mol. The van der Waals surface area contributed by atoms with E-state index >= 15 is 0 Å². The van der Waals surface area contributed by atoms with E-state index < -0.39 is 56.6 Å². The number of esters is 2. The van der Waals surface area contributed by atoms with E-state index in [-0.39, 0.29) is 25.9 Å². The van der Waals surface area contributed by atoms with E-state index in [2.05, 4.69) is 0 Å². The number of sulfonamides is 1. The molecule has 156 valence electrons. The van der Waals surface area contributed by atoms with E-state index in [1.165, 1.54) is 0 Å². The molecule has 1 aromatic carbocycles. The lowest BCUT2D eigenvalue weighted by molar-refractivity contribution is -0.168. The van der Waals surface area contributed by atoms with Crippen LogP contribution in [0.5, 0.6) is 0 Å². The summed E-state index contributed by atoms with van der Waals surface area (Å²) in [6.07, 6.45) is 0.284. The number of ether oxygens (including phenoxy) is 2. The molecule has 0 saturated carbocycles. The van der Waals surface area contributed by atoms with Crippen LogP contribution in [-0.2, 0) is 29.1 Å². The van der Waals surface area contributed by atoms with E-state index in [0.29, 0.717) is 6.07 Å². The van der Waals surface area contributed by atoms with Gasteiger partial charge in [-0.1, -0.05) is 0 Å². The smallest absolute Gasteiger partial charge is 0.344 e. The number of halogens is 2. The second-order valence-electron chi connectivity index (χ2n) is 7.45. The van der Waals surface area contributed by atoms with Gasteiger partial charge in [0.1, 0.15) is 22.1 Å². The Morgan fingerprint density at radius 2 is 1.79 bits per heavy atom. The fourth-order valence-electron chi connectivity index (χ4n) is 2.76. The van der Waals surface area contributed by atoms with Gasteiger partial charge in [-0.2, -0.15) is 4.31 Å². The highest BCUT2D eigenvalue weighted by Crippen LogP contribution is 2.26. The van der Waals surface area contributed by atoms with Crippen LogP contribution in [0.25, 0.3) is 0 Å². The third kappa shape index (κ3) is 5.71. The van der Waals surface area contributed by atoms with Crippen LogP contribution < -0.4 is 0 Å². The third-order valence-electron chi connectivity index (χ3n) is 4.05. The van der Waals surface area contributed by atoms with Crippen LogP contribution in [0.2, 0.25) is 0 Å². The molecule has 0 bridgehead atoms. The zero-order valence-electron chi connectivity index (χ0n) is 15.9. The van der Waals surface area contributed by atoms with Crippen LogP contribution in [0.4, 0.5) is 8.78 Å². The lowest BCUT2D eigenvalue weighted by Gasteiger charge is -2.30. The second kappa shape index (κ2) is 8.52. The van der Waals surface area contributed by atoms with Gasteiger partial charge in [0.15, 0.2) is 6.61 Å². The van der Waals surface area contributed by atoms with Crippen LogP contribution in [0.15, 0.2) is 23.1 Å². The molecule has 1 aliphatic heterocycles. The summed E-state index contributed by atoms with van der Waals surface area (Å²) in [5.41, 5.74) is -0.699. The molecule has 0 unspecified atom stereocenters. The summed E-state index contributed by atoms with van der Waals surface area (Å²) in [6.45, 7) is 4.43. The molecule has 0 spiro atoms. The van der Waals surface area contributed by atoms with Crippen molar-refractivity contribution in [3.8, 4) is 0 Å². The maximum atomic E-state index is 13.8. The lowest BCUT2D eigenvalue weighted by Crippen LogP contribution is -2.41. The Balaban J connectivity index is 1.92. The molecule has 0 amide bonds. The predicted octanol–water partition coefficient (Wildman–Crippen LogP) is 2.25. The normalized spacial score (nSPS) is 16.6. The van der Waals surface area contributed by atoms with Crippen LogP contribution in [0.3, 0.4) is 0 Å². The molecule has 1 saturated heterocycles. The van der Waals surface area contributed by atoms with Gasteiger partial charge < -0.3 is 9.47 Å². The van der Waals surface area contributed by atoms with Crippen LogP contribution in [-0.4, -0.2) is 50.0 Å². The second-order valence-corrected chi connectivity index (χ2v) is 9.35. The first-order valence-electron chi connectivity index (χ1n) is 8.74. The van der Waals surface area contributed by atoms with Crippen molar-refractivity contribution in [1.29, 1.82) is 0 Å². The van der Waals surface area contributed by atoms with Gasteiger partial charge in [-0.05, 0) is 51.8 Å². The molecule has 1 fully saturated rings. The topological polar surface area (TPSA) is 90.0 Å². The minimum Gasteiger partial charge on any atom is -0.457 e. The summed E-state index contributed by atoms with van der Waals surface area (Å²) in [5.74, 6) is -3.80. The molecular weight excluding hydrogens is 396 g/mol. The molecule has 0 atom stereocenters. The van der Waals surface area contributed by atoms with E-state index in [1.807, 2.05) is 0 Å². The molecule has 1 aromatic rings. The number of carbonyl (C=O) groups excluding carboxylic acids is 2. The summed E-state index contributed by atoms with van der Waals surface area (Å²) in [6, 6.07) is 2.22. The van der Waals surface area contributed by atoms with Gasteiger partial charge in [0.25, 0.3) is 0 Å². The maximum Gasteiger partial charge on any atom is 0.344 e. The molecular formula is C18H23F2NO6S. The van der Waals surface area contributed by atoms with Crippen LogP contribution >= 0.6 is 0 Å². The molecule has 7 nitrogen and oxygen atoms in total. The maximum absolute atomic E-state index is 13.8. The van der Waals surface area contributed by atoms with Crippen LogP contribution in [0.1, 0.15) is 33.6 Å². The molecule has 0 radical (unpaired) electrons. The van der Waals surface area contributed by atoms with Crippen molar-refractivity contribution in [2.24, 2.45) is 5.92 Å². The van der Waals surface area contributed by atoms with Gasteiger partial charge in [-0.15, -0.1) is 0 Å². The Labute approximate surface area is 162 Å². The minimum absolute atomic E-state index is 0.0511. The summed E-state index contributed by atoms with van der Waals surface area (Å²) in [5, 5.41) is 0. The van der Waals surface area contributed by atoms with Crippen molar-refractivity contribution >= 4 is 22.0 Å². The summed E-state index contributed by atoms with van der Waals surface area (Å²) >= 11 is 0. The molecule has 0 aliphatic carbocycles. The third-order valence-corrected chi connectivity index (χ3v) is 5.96. The SMILES string of the molecule is CC(C)(C)OC(=O)COC(=O)C1CCN(S(=O)(=O)c2cc(F)ccc2F)CC1.